The minimum Gasteiger partial charge on any atom is -0.494 e. The molecule has 1 heterocycles. The predicted octanol–water partition coefficient (Wildman–Crippen LogP) is 2.72. The monoisotopic (exact) mass is 291 g/mol. The average Bonchev–Trinajstić information content (AvgIpc) is 2.75. The molecule has 1 fully saturated rings. The molecule has 0 aromatic heterocycles. The number of carbonyl (C=O) groups is 1. The van der Waals surface area contributed by atoms with Gasteiger partial charge in [-0.15, -0.1) is 0 Å². The third-order valence-corrected chi connectivity index (χ3v) is 4.09. The van der Waals surface area contributed by atoms with Crippen LogP contribution in [0.5, 0.6) is 5.75 Å². The summed E-state index contributed by atoms with van der Waals surface area (Å²) in [5, 5.41) is 9.12. The van der Waals surface area contributed by atoms with Crippen LogP contribution in [0.1, 0.15) is 24.5 Å². The summed E-state index contributed by atoms with van der Waals surface area (Å²) in [5.74, 6) is 0.273. The zero-order valence-electron chi connectivity index (χ0n) is 13.1. The topological polar surface area (TPSA) is 49.8 Å². The number of aryl methyl sites for hydroxylation is 2. The van der Waals surface area contributed by atoms with Gasteiger partial charge in [-0.05, 0) is 49.4 Å². The van der Waals surface area contributed by atoms with Gasteiger partial charge in [-0.3, -0.25) is 4.79 Å². The van der Waals surface area contributed by atoms with Crippen molar-refractivity contribution in [3.8, 4) is 5.75 Å². The second kappa shape index (κ2) is 6.94. The molecule has 0 bridgehead atoms. The number of aliphatic carboxylic acids is 1. The van der Waals surface area contributed by atoms with Gasteiger partial charge >= 0.3 is 5.97 Å². The molecule has 1 aromatic carbocycles. The first-order valence-corrected chi connectivity index (χ1v) is 7.62. The van der Waals surface area contributed by atoms with Crippen LogP contribution in [0.25, 0.3) is 0 Å². The minimum atomic E-state index is -0.670. The number of carboxylic acid groups (broad SMARTS) is 1. The van der Waals surface area contributed by atoms with Crippen molar-refractivity contribution in [1.29, 1.82) is 0 Å². The fourth-order valence-corrected chi connectivity index (χ4v) is 3.07. The summed E-state index contributed by atoms with van der Waals surface area (Å²) >= 11 is 0. The fraction of sp³-hybridized carbons (Fsp3) is 0.588. The summed E-state index contributed by atoms with van der Waals surface area (Å²) in [5.41, 5.74) is 2.42. The van der Waals surface area contributed by atoms with Crippen molar-refractivity contribution in [2.24, 2.45) is 11.8 Å². The summed E-state index contributed by atoms with van der Waals surface area (Å²) < 4.78 is 5.79. The highest BCUT2D eigenvalue weighted by Crippen LogP contribution is 2.23. The molecule has 1 N–H and O–H groups in total. The lowest BCUT2D eigenvalue weighted by Gasteiger charge is -2.15. The Morgan fingerprint density at radius 1 is 1.29 bits per heavy atom. The number of benzene rings is 1. The van der Waals surface area contributed by atoms with Crippen LogP contribution in [0, 0.1) is 25.7 Å². The number of hydrogen-bond donors (Lipinski definition) is 1. The maximum absolute atomic E-state index is 11.1. The number of hydrogen-bond acceptors (Lipinski definition) is 3. The number of nitrogens with zero attached hydrogens (tertiary/aromatic N) is 1. The molecule has 116 valence electrons. The van der Waals surface area contributed by atoms with E-state index in [1.165, 1.54) is 11.1 Å². The Kier molecular flexibility index (Phi) is 5.23. The Balaban J connectivity index is 1.72. The standard InChI is InChI=1S/C17H25NO3/c1-12-7-13(2)9-15(8-12)21-6-4-5-18-10-14(3)16(11-18)17(19)20/h7-9,14,16H,4-6,10-11H2,1-3H3,(H,19,20). The van der Waals surface area contributed by atoms with E-state index in [4.69, 9.17) is 9.84 Å². The van der Waals surface area contributed by atoms with Gasteiger partial charge in [-0.2, -0.15) is 0 Å². The Bertz CT molecular complexity index is 481. The zero-order chi connectivity index (χ0) is 15.4. The van der Waals surface area contributed by atoms with Gasteiger partial charge in [0, 0.05) is 19.6 Å². The third kappa shape index (κ3) is 4.46. The highest BCUT2D eigenvalue weighted by molar-refractivity contribution is 5.71. The maximum Gasteiger partial charge on any atom is 0.308 e. The Morgan fingerprint density at radius 2 is 1.95 bits per heavy atom. The van der Waals surface area contributed by atoms with Crippen LogP contribution in [-0.4, -0.2) is 42.2 Å². The lowest BCUT2D eigenvalue weighted by molar-refractivity contribution is -0.142. The first-order valence-electron chi connectivity index (χ1n) is 7.62. The average molecular weight is 291 g/mol. The van der Waals surface area contributed by atoms with Gasteiger partial charge in [0.25, 0.3) is 0 Å². The van der Waals surface area contributed by atoms with E-state index in [9.17, 15) is 4.79 Å². The molecule has 4 nitrogen and oxygen atoms in total. The van der Waals surface area contributed by atoms with Crippen molar-refractivity contribution >= 4 is 5.97 Å². The van der Waals surface area contributed by atoms with E-state index in [-0.39, 0.29) is 11.8 Å². The molecule has 2 unspecified atom stereocenters. The van der Waals surface area contributed by atoms with Gasteiger partial charge in [-0.25, -0.2) is 0 Å². The Labute approximate surface area is 126 Å². The van der Waals surface area contributed by atoms with Crippen LogP contribution < -0.4 is 4.74 Å². The number of ether oxygens (including phenoxy) is 1. The van der Waals surface area contributed by atoms with Crippen molar-refractivity contribution in [3.63, 3.8) is 0 Å². The molecule has 0 saturated carbocycles. The number of carboxylic acids is 1. The van der Waals surface area contributed by atoms with Crippen molar-refractivity contribution in [2.75, 3.05) is 26.2 Å². The van der Waals surface area contributed by atoms with Gasteiger partial charge < -0.3 is 14.7 Å². The largest absolute Gasteiger partial charge is 0.494 e. The zero-order valence-corrected chi connectivity index (χ0v) is 13.1. The maximum atomic E-state index is 11.1. The van der Waals surface area contributed by atoms with E-state index in [2.05, 4.69) is 24.8 Å². The lowest BCUT2D eigenvalue weighted by atomic mass is 9.99. The summed E-state index contributed by atoms with van der Waals surface area (Å²) in [7, 11) is 0. The van der Waals surface area contributed by atoms with Crippen LogP contribution in [-0.2, 0) is 4.79 Å². The molecule has 2 rings (SSSR count). The quantitative estimate of drug-likeness (QED) is 0.819. The summed E-state index contributed by atoms with van der Waals surface area (Å²) in [6, 6.07) is 6.22. The molecule has 21 heavy (non-hydrogen) atoms. The second-order valence-corrected chi connectivity index (χ2v) is 6.21. The first-order chi connectivity index (χ1) is 9.95. The molecule has 4 heteroatoms. The first kappa shape index (κ1) is 15.8. The molecule has 1 saturated heterocycles. The molecular formula is C17H25NO3. The summed E-state index contributed by atoms with van der Waals surface area (Å²) in [4.78, 5) is 13.3. The van der Waals surface area contributed by atoms with Gasteiger partial charge in [-0.1, -0.05) is 13.0 Å². The van der Waals surface area contributed by atoms with E-state index in [0.29, 0.717) is 13.2 Å². The van der Waals surface area contributed by atoms with Gasteiger partial charge in [0.1, 0.15) is 5.75 Å². The molecule has 0 spiro atoms. The van der Waals surface area contributed by atoms with Gasteiger partial charge in [0.05, 0.1) is 12.5 Å². The fourth-order valence-electron chi connectivity index (χ4n) is 3.07. The van der Waals surface area contributed by atoms with E-state index in [0.717, 1.165) is 25.3 Å². The Morgan fingerprint density at radius 3 is 2.52 bits per heavy atom. The molecule has 1 aliphatic rings. The van der Waals surface area contributed by atoms with Crippen LogP contribution in [0.2, 0.25) is 0 Å². The molecule has 1 aliphatic heterocycles. The lowest BCUT2D eigenvalue weighted by Crippen LogP contribution is -2.25. The highest BCUT2D eigenvalue weighted by atomic mass is 16.5. The number of rotatable bonds is 6. The summed E-state index contributed by atoms with van der Waals surface area (Å²) in [6.45, 7) is 9.27. The molecule has 0 aliphatic carbocycles. The minimum absolute atomic E-state index is 0.217. The molecular weight excluding hydrogens is 266 g/mol. The van der Waals surface area contributed by atoms with Crippen molar-refractivity contribution < 1.29 is 14.6 Å². The molecule has 1 aromatic rings. The van der Waals surface area contributed by atoms with Gasteiger partial charge in [0.15, 0.2) is 0 Å². The van der Waals surface area contributed by atoms with Crippen LogP contribution in [0.3, 0.4) is 0 Å². The van der Waals surface area contributed by atoms with Crippen molar-refractivity contribution in [1.82, 2.24) is 4.90 Å². The predicted molar refractivity (Wildman–Crippen MR) is 82.8 cm³/mol. The molecule has 0 radical (unpaired) electrons. The smallest absolute Gasteiger partial charge is 0.308 e. The van der Waals surface area contributed by atoms with Gasteiger partial charge in [0.2, 0.25) is 0 Å². The van der Waals surface area contributed by atoms with Crippen LogP contribution in [0.4, 0.5) is 0 Å². The SMILES string of the molecule is Cc1cc(C)cc(OCCCN2CC(C)C(C(=O)O)C2)c1. The normalized spacial score (nSPS) is 22.4. The van der Waals surface area contributed by atoms with Crippen molar-refractivity contribution in [3.05, 3.63) is 29.3 Å². The van der Waals surface area contributed by atoms with E-state index >= 15 is 0 Å². The van der Waals surface area contributed by atoms with E-state index < -0.39 is 5.97 Å². The molecule has 0 amide bonds. The van der Waals surface area contributed by atoms with Crippen molar-refractivity contribution in [2.45, 2.75) is 27.2 Å². The van der Waals surface area contributed by atoms with E-state index in [1.54, 1.807) is 0 Å². The summed E-state index contributed by atoms with van der Waals surface area (Å²) in [6.07, 6.45) is 0.923. The third-order valence-electron chi connectivity index (χ3n) is 4.09. The highest BCUT2D eigenvalue weighted by Gasteiger charge is 2.34. The second-order valence-electron chi connectivity index (χ2n) is 6.21. The number of likely N-dealkylation sites (tertiary alicyclic amines) is 1. The van der Waals surface area contributed by atoms with E-state index in [1.807, 2.05) is 19.1 Å². The van der Waals surface area contributed by atoms with Crippen LogP contribution >= 0.6 is 0 Å². The van der Waals surface area contributed by atoms with Crippen LogP contribution in [0.15, 0.2) is 18.2 Å². The molecule has 2 atom stereocenters. The Hall–Kier alpha value is -1.55.